The van der Waals surface area contributed by atoms with E-state index in [1.807, 2.05) is 72.8 Å². The van der Waals surface area contributed by atoms with Gasteiger partial charge >= 0.3 is 0 Å². The van der Waals surface area contributed by atoms with Crippen molar-refractivity contribution in [2.24, 2.45) is 0 Å². The summed E-state index contributed by atoms with van der Waals surface area (Å²) in [6, 6.07) is 69.4. The van der Waals surface area contributed by atoms with Crippen LogP contribution in [0.4, 0.5) is 0 Å². The van der Waals surface area contributed by atoms with E-state index < -0.39 is 0 Å². The second-order valence-corrected chi connectivity index (χ2v) is 37.5. The van der Waals surface area contributed by atoms with E-state index >= 15 is 0 Å². The Morgan fingerprint density at radius 1 is 0.188 bits per heavy atom. The first-order chi connectivity index (χ1) is 68.3. The van der Waals surface area contributed by atoms with Crippen molar-refractivity contribution in [1.29, 1.82) is 0 Å². The lowest BCUT2D eigenvalue weighted by molar-refractivity contribution is 0.288. The number of aromatic amines is 2. The highest BCUT2D eigenvalue weighted by Crippen LogP contribution is 2.39. The third-order valence-corrected chi connectivity index (χ3v) is 25.9. The third kappa shape index (κ3) is 35.6. The maximum atomic E-state index is 6.72. The monoisotopic (exact) mass is 1850 g/mol. The number of ether oxygens (including phenoxy) is 8. The maximum absolute atomic E-state index is 6.72. The van der Waals surface area contributed by atoms with E-state index in [0.717, 1.165) is 191 Å². The van der Waals surface area contributed by atoms with Crippen molar-refractivity contribution in [1.82, 2.24) is 9.97 Å². The van der Waals surface area contributed by atoms with Crippen molar-refractivity contribution in [2.75, 3.05) is 52.9 Å². The minimum Gasteiger partial charge on any atom is -0.492 e. The molecule has 10 heteroatoms. The van der Waals surface area contributed by atoms with Crippen molar-refractivity contribution >= 4 is 65.2 Å². The molecule has 728 valence electrons. The molecule has 0 saturated carbocycles. The van der Waals surface area contributed by atoms with E-state index in [1.54, 1.807) is 0 Å². The Kier molecular flexibility index (Phi) is 49.2. The molecular weight excluding hydrogens is 1690 g/mol. The van der Waals surface area contributed by atoms with E-state index in [-0.39, 0.29) is 0 Å². The predicted octanol–water partition coefficient (Wildman–Crippen LogP) is 34.9. The summed E-state index contributed by atoms with van der Waals surface area (Å²) in [7, 11) is 0. The molecule has 10 nitrogen and oxygen atoms in total. The zero-order chi connectivity index (χ0) is 96.3. The van der Waals surface area contributed by atoms with Crippen LogP contribution in [0.5, 0.6) is 46.0 Å². The van der Waals surface area contributed by atoms with Crippen LogP contribution >= 0.6 is 0 Å². The van der Waals surface area contributed by atoms with Crippen LogP contribution in [0.25, 0.3) is 65.2 Å². The lowest BCUT2D eigenvalue weighted by Gasteiger charge is -2.13. The molecule has 0 radical (unpaired) electrons. The third-order valence-electron chi connectivity index (χ3n) is 25.9. The smallest absolute Gasteiger partial charge is 0.138 e. The standard InChI is InChI=1S/C128H158N2O8/c1-9-17-25-33-41-53-85-131-117-69-61-70-118(132-86-54-42-34-26-18-10-2)109(117)81-77-101-93-105-65-49-50-66-107-95-103(79-83-111-121(135-89-57-45-37-29-21-13-5)73-63-74-122(111)136-90-58-46-38-30-22-14-6)99-115-116-100-104(80-84-112-123(137-91-59-47-39-31-23-15-7)75-64-76-124(112)138-92-60-48-40-32-24-16-8)96-108(128(116)130-127(107)115)68-52-51-67-106-94-102(98-114-113(97-101)125(105)129-126(106)114)78-82-110-119(133-87-55-43-35-27-19-11-3)71-62-72-120(110)134-88-56-44-36-28-20-12-4/h61-64,69-76,93-100,129-130H,9-48,53-60,85-92H2,1-8H3. The minimum absolute atomic E-state index is 0.582. The average Bonchev–Trinajstić information content (AvgIpc) is 1.62. The molecule has 0 spiro atoms. The van der Waals surface area contributed by atoms with Gasteiger partial charge in [-0.1, -0.05) is 408 Å². The van der Waals surface area contributed by atoms with Gasteiger partial charge in [0.2, 0.25) is 0 Å². The summed E-state index contributed by atoms with van der Waals surface area (Å²) in [5.74, 6) is 35.0. The topological polar surface area (TPSA) is 105 Å². The van der Waals surface area contributed by atoms with Crippen molar-refractivity contribution in [3.05, 3.63) is 214 Å². The summed E-state index contributed by atoms with van der Waals surface area (Å²) >= 11 is 0. The molecule has 0 aliphatic carbocycles. The number of H-pyrrole nitrogens is 2. The molecule has 2 N–H and O–H groups in total. The number of benzene rings is 8. The zero-order valence-corrected chi connectivity index (χ0v) is 85.4. The number of fused-ring (bicyclic) bond motifs is 2. The van der Waals surface area contributed by atoms with E-state index in [4.69, 9.17) is 37.9 Å². The maximum Gasteiger partial charge on any atom is 0.138 e. The molecule has 0 unspecified atom stereocenters. The molecule has 0 amide bonds. The van der Waals surface area contributed by atoms with Crippen LogP contribution < -0.4 is 37.9 Å². The van der Waals surface area contributed by atoms with Gasteiger partial charge in [0.1, 0.15) is 68.2 Å². The zero-order valence-electron chi connectivity index (χ0n) is 85.4. The predicted molar refractivity (Wildman–Crippen MR) is 578 cm³/mol. The van der Waals surface area contributed by atoms with Gasteiger partial charge < -0.3 is 47.9 Å². The number of nitrogens with one attached hydrogen (secondary N) is 2. The fourth-order valence-electron chi connectivity index (χ4n) is 17.8. The van der Waals surface area contributed by atoms with Gasteiger partial charge in [0.15, 0.2) is 0 Å². The Labute approximate surface area is 831 Å². The molecule has 0 aliphatic rings. The highest BCUT2D eigenvalue weighted by atomic mass is 16.5. The molecular formula is C128H158N2O8. The molecule has 0 aliphatic heterocycles. The molecule has 138 heavy (non-hydrogen) atoms. The first kappa shape index (κ1) is 107. The summed E-state index contributed by atoms with van der Waals surface area (Å²) in [6.07, 6.45) is 55.5. The highest BCUT2D eigenvalue weighted by Gasteiger charge is 2.19. The van der Waals surface area contributed by atoms with Crippen LogP contribution in [0.1, 0.15) is 408 Å². The van der Waals surface area contributed by atoms with E-state index in [0.29, 0.717) is 120 Å². The lowest BCUT2D eigenvalue weighted by atomic mass is 10.0. The average molecular weight is 1850 g/mol. The van der Waals surface area contributed by atoms with Gasteiger partial charge in [-0.05, 0) is 173 Å². The SMILES string of the molecule is CCCCCCCCOc1cccc(OCCCCCCCC)c1C#Cc1cc2c#cc#cc3cc(C#Cc4c(OCCCCCCCC)cccc4OCCCCCCCC)cc4c5cc(C#Cc6c(OCCCCCCCC)cccc6OCCCCCCCC)cc(c#cc#cc6cc(C#Cc7c(OCCCCCCCC)cccc7OCCCCCCCC)cc7c(c1)c2[nH]c67)c5[nH]c34. The highest BCUT2D eigenvalue weighted by molar-refractivity contribution is 6.18. The van der Waals surface area contributed by atoms with Crippen LogP contribution in [0.15, 0.2) is 121 Å². The number of hydrogen-bond acceptors (Lipinski definition) is 8. The summed E-state index contributed by atoms with van der Waals surface area (Å²) in [6.45, 7) is 22.7. The van der Waals surface area contributed by atoms with Gasteiger partial charge in [-0.15, -0.1) is 0 Å². The molecule has 11 rings (SSSR count). The van der Waals surface area contributed by atoms with Crippen LogP contribution in [-0.4, -0.2) is 62.8 Å². The van der Waals surface area contributed by atoms with Crippen LogP contribution in [0.2, 0.25) is 0 Å². The molecule has 8 aromatic carbocycles. The summed E-state index contributed by atoms with van der Waals surface area (Å²) in [4.78, 5) is 7.80. The number of rotatable bonds is 64. The van der Waals surface area contributed by atoms with Crippen molar-refractivity contribution in [3.63, 3.8) is 0 Å². The Morgan fingerprint density at radius 3 is 0.500 bits per heavy atom. The second kappa shape index (κ2) is 63.7. The molecule has 3 heterocycles. The summed E-state index contributed by atoms with van der Waals surface area (Å²) < 4.78 is 53.8. The Bertz CT molecular complexity index is 4980. The molecule has 0 fully saturated rings. The van der Waals surface area contributed by atoms with Crippen molar-refractivity contribution < 1.29 is 37.9 Å². The van der Waals surface area contributed by atoms with Crippen LogP contribution in [0, 0.1) is 95.9 Å². The Hall–Kier alpha value is -11.8. The van der Waals surface area contributed by atoms with E-state index in [2.05, 4.69) is 210 Å². The fraction of sp³-hybridized carbons (Fsp3) is 0.500. The van der Waals surface area contributed by atoms with Gasteiger partial charge in [-0.25, -0.2) is 0 Å². The van der Waals surface area contributed by atoms with Gasteiger partial charge in [0.25, 0.3) is 0 Å². The first-order valence-corrected chi connectivity index (χ1v) is 54.2. The number of aromatic nitrogens is 2. The van der Waals surface area contributed by atoms with E-state index in [9.17, 15) is 0 Å². The van der Waals surface area contributed by atoms with E-state index in [1.165, 1.54) is 205 Å². The minimum atomic E-state index is 0.582. The van der Waals surface area contributed by atoms with Gasteiger partial charge in [-0.3, -0.25) is 0 Å². The van der Waals surface area contributed by atoms with Gasteiger partial charge in [0, 0.05) is 43.8 Å². The first-order valence-electron chi connectivity index (χ1n) is 54.2. The Balaban J connectivity index is 1.14. The van der Waals surface area contributed by atoms with Crippen molar-refractivity contribution in [3.8, 4) is 93.4 Å². The Morgan fingerprint density at radius 2 is 0.341 bits per heavy atom. The molecule has 11 aromatic rings. The fourth-order valence-corrected chi connectivity index (χ4v) is 17.8. The molecule has 4 bridgehead atoms. The van der Waals surface area contributed by atoms with Crippen LogP contribution in [-0.2, 0) is 0 Å². The van der Waals surface area contributed by atoms with Gasteiger partial charge in [-0.2, -0.15) is 0 Å². The molecule has 0 atom stereocenters. The molecule has 0 saturated heterocycles. The number of unbranched alkanes of at least 4 members (excludes halogenated alkanes) is 40. The second-order valence-electron chi connectivity index (χ2n) is 37.5. The number of hydrogen-bond donors (Lipinski definition) is 2. The van der Waals surface area contributed by atoms with Crippen molar-refractivity contribution in [2.45, 2.75) is 364 Å². The molecule has 3 aromatic heterocycles. The van der Waals surface area contributed by atoms with Gasteiger partial charge in [0.05, 0.1) is 96.5 Å². The lowest BCUT2D eigenvalue weighted by Crippen LogP contribution is -2.03. The summed E-state index contributed by atoms with van der Waals surface area (Å²) in [5, 5.41) is 6.38. The van der Waals surface area contributed by atoms with Crippen LogP contribution in [0.3, 0.4) is 0 Å². The normalized spacial score (nSPS) is 10.9. The largest absolute Gasteiger partial charge is 0.492 e. The quantitative estimate of drug-likeness (QED) is 0.0287. The summed E-state index contributed by atoms with van der Waals surface area (Å²) in [5.41, 5.74) is 9.08.